The highest BCUT2D eigenvalue weighted by Crippen LogP contribution is 2.32. The zero-order valence-corrected chi connectivity index (χ0v) is 15.9. The first-order valence-corrected chi connectivity index (χ1v) is 9.57. The average Bonchev–Trinajstić information content (AvgIpc) is 3.25. The van der Waals surface area contributed by atoms with Gasteiger partial charge in [-0.1, -0.05) is 60.7 Å². The maximum Gasteiger partial charge on any atom is 0.305 e. The highest BCUT2D eigenvalue weighted by atomic mass is 16.5. The molecule has 1 unspecified atom stereocenters. The first-order chi connectivity index (χ1) is 13.7. The number of aromatic amines is 1. The summed E-state index contributed by atoms with van der Waals surface area (Å²) in [5.74, 6) is 1.74. The van der Waals surface area contributed by atoms with E-state index in [-0.39, 0.29) is 5.97 Å². The van der Waals surface area contributed by atoms with Crippen LogP contribution in [0.4, 0.5) is 0 Å². The van der Waals surface area contributed by atoms with Gasteiger partial charge in [0.05, 0.1) is 7.11 Å². The van der Waals surface area contributed by atoms with Crippen molar-refractivity contribution in [2.45, 2.75) is 25.7 Å². The van der Waals surface area contributed by atoms with E-state index in [0.717, 1.165) is 36.2 Å². The van der Waals surface area contributed by atoms with Crippen LogP contribution < -0.4 is 0 Å². The molecule has 1 aromatic heterocycles. The van der Waals surface area contributed by atoms with Gasteiger partial charge in [0.1, 0.15) is 0 Å². The third kappa shape index (κ3) is 4.03. The monoisotopic (exact) mass is 373 g/mol. The van der Waals surface area contributed by atoms with Crippen molar-refractivity contribution in [1.29, 1.82) is 0 Å². The summed E-state index contributed by atoms with van der Waals surface area (Å²) in [6.45, 7) is 0. The van der Waals surface area contributed by atoms with E-state index in [1.54, 1.807) is 0 Å². The molecular formula is C23H23N3O2. The molecule has 5 heteroatoms. The summed E-state index contributed by atoms with van der Waals surface area (Å²) in [4.78, 5) is 16.1. The van der Waals surface area contributed by atoms with Crippen molar-refractivity contribution in [3.8, 4) is 22.8 Å². The van der Waals surface area contributed by atoms with Crippen molar-refractivity contribution < 1.29 is 9.53 Å². The number of carbonyl (C=O) groups is 1. The number of ether oxygens (including phenoxy) is 1. The molecule has 4 rings (SSSR count). The van der Waals surface area contributed by atoms with E-state index in [4.69, 9.17) is 4.74 Å². The quantitative estimate of drug-likeness (QED) is 0.647. The second-order valence-electron chi connectivity index (χ2n) is 7.10. The van der Waals surface area contributed by atoms with Gasteiger partial charge in [-0.25, -0.2) is 4.98 Å². The Bertz CT molecular complexity index is 975. The van der Waals surface area contributed by atoms with E-state index in [2.05, 4.69) is 45.5 Å². The molecule has 0 fully saturated rings. The zero-order chi connectivity index (χ0) is 19.3. The molecule has 1 atom stereocenters. The summed E-state index contributed by atoms with van der Waals surface area (Å²) in [6, 6.07) is 18.4. The van der Waals surface area contributed by atoms with Crippen LogP contribution >= 0.6 is 0 Å². The van der Waals surface area contributed by atoms with Gasteiger partial charge in [-0.05, 0) is 36.3 Å². The van der Waals surface area contributed by atoms with E-state index < -0.39 is 0 Å². The number of hydrogen-bond acceptors (Lipinski definition) is 4. The maximum atomic E-state index is 11.4. The lowest BCUT2D eigenvalue weighted by atomic mass is 9.85. The molecule has 1 aliphatic carbocycles. The molecule has 0 bridgehead atoms. The van der Waals surface area contributed by atoms with Crippen LogP contribution in [0, 0.1) is 5.92 Å². The van der Waals surface area contributed by atoms with E-state index in [0.29, 0.717) is 18.2 Å². The number of nitrogens with zero attached hydrogens (tertiary/aromatic N) is 2. The van der Waals surface area contributed by atoms with Crippen molar-refractivity contribution in [2.75, 3.05) is 7.11 Å². The second-order valence-corrected chi connectivity index (χ2v) is 7.10. The second kappa shape index (κ2) is 8.21. The van der Waals surface area contributed by atoms with E-state index in [1.165, 1.54) is 18.2 Å². The van der Waals surface area contributed by atoms with Crippen LogP contribution in [0.1, 0.15) is 31.2 Å². The molecule has 2 aromatic carbocycles. The van der Waals surface area contributed by atoms with Gasteiger partial charge in [0.2, 0.25) is 0 Å². The number of benzene rings is 2. The Morgan fingerprint density at radius 1 is 1.07 bits per heavy atom. The molecule has 0 amide bonds. The van der Waals surface area contributed by atoms with Crippen LogP contribution in [0.25, 0.3) is 28.3 Å². The highest BCUT2D eigenvalue weighted by Gasteiger charge is 2.19. The zero-order valence-electron chi connectivity index (χ0n) is 15.9. The topological polar surface area (TPSA) is 67.9 Å². The van der Waals surface area contributed by atoms with E-state index in [1.807, 2.05) is 30.3 Å². The molecule has 28 heavy (non-hydrogen) atoms. The fourth-order valence-corrected chi connectivity index (χ4v) is 3.60. The van der Waals surface area contributed by atoms with Crippen LogP contribution in [-0.2, 0) is 9.53 Å². The van der Waals surface area contributed by atoms with Crippen molar-refractivity contribution in [3.63, 3.8) is 0 Å². The number of aromatic nitrogens is 3. The third-order valence-corrected chi connectivity index (χ3v) is 5.25. The summed E-state index contributed by atoms with van der Waals surface area (Å²) >= 11 is 0. The standard InChI is InChI=1S/C23H23N3O2/c1-28-21(27)15-16-7-9-17(10-8-16)18-11-13-20(14-12-18)23-24-22(25-26-23)19-5-3-2-4-6-19/h2-6,9,11-14,16H,7-8,10,15H2,1H3,(H,24,25,26). The van der Waals surface area contributed by atoms with E-state index in [9.17, 15) is 4.79 Å². The lowest BCUT2D eigenvalue weighted by Crippen LogP contribution is -2.12. The smallest absolute Gasteiger partial charge is 0.305 e. The van der Waals surface area contributed by atoms with Gasteiger partial charge >= 0.3 is 5.97 Å². The predicted molar refractivity (Wildman–Crippen MR) is 109 cm³/mol. The van der Waals surface area contributed by atoms with Gasteiger partial charge in [0, 0.05) is 17.5 Å². The molecule has 1 aliphatic rings. The summed E-state index contributed by atoms with van der Waals surface area (Å²) in [5.41, 5.74) is 4.58. The Hall–Kier alpha value is -3.21. The van der Waals surface area contributed by atoms with Crippen molar-refractivity contribution in [3.05, 3.63) is 66.2 Å². The van der Waals surface area contributed by atoms with Crippen molar-refractivity contribution in [2.24, 2.45) is 5.92 Å². The Morgan fingerprint density at radius 2 is 1.82 bits per heavy atom. The van der Waals surface area contributed by atoms with Crippen LogP contribution in [0.5, 0.6) is 0 Å². The normalized spacial score (nSPS) is 16.5. The molecule has 0 saturated carbocycles. The number of methoxy groups -OCH3 is 1. The van der Waals surface area contributed by atoms with Gasteiger partial charge in [-0.2, -0.15) is 5.10 Å². The van der Waals surface area contributed by atoms with Gasteiger partial charge in [-0.3, -0.25) is 9.89 Å². The minimum absolute atomic E-state index is 0.117. The van der Waals surface area contributed by atoms with Crippen LogP contribution in [0.3, 0.4) is 0 Å². The molecule has 142 valence electrons. The fourth-order valence-electron chi connectivity index (χ4n) is 3.60. The number of rotatable bonds is 5. The maximum absolute atomic E-state index is 11.4. The molecule has 0 radical (unpaired) electrons. The molecular weight excluding hydrogens is 350 g/mol. The van der Waals surface area contributed by atoms with E-state index >= 15 is 0 Å². The Kier molecular flexibility index (Phi) is 5.33. The summed E-state index contributed by atoms with van der Waals surface area (Å²) in [6.07, 6.45) is 5.70. The summed E-state index contributed by atoms with van der Waals surface area (Å²) in [7, 11) is 1.45. The Balaban J connectivity index is 1.45. The number of esters is 1. The van der Waals surface area contributed by atoms with Crippen LogP contribution in [0.2, 0.25) is 0 Å². The first-order valence-electron chi connectivity index (χ1n) is 9.57. The van der Waals surface area contributed by atoms with Crippen LogP contribution in [-0.4, -0.2) is 28.3 Å². The number of nitrogens with one attached hydrogen (secondary N) is 1. The minimum atomic E-state index is -0.117. The SMILES string of the molecule is COC(=O)CC1CC=C(c2ccc(-c3nc(-c4ccccc4)n[nH]3)cc2)CC1. The number of H-pyrrole nitrogens is 1. The largest absolute Gasteiger partial charge is 0.469 e. The first kappa shape index (κ1) is 18.2. The van der Waals surface area contributed by atoms with Gasteiger partial charge in [-0.15, -0.1) is 0 Å². The molecule has 5 nitrogen and oxygen atoms in total. The minimum Gasteiger partial charge on any atom is -0.469 e. The Morgan fingerprint density at radius 3 is 2.50 bits per heavy atom. The molecule has 3 aromatic rings. The molecule has 0 spiro atoms. The lowest BCUT2D eigenvalue weighted by molar-refractivity contribution is -0.141. The number of carbonyl (C=O) groups excluding carboxylic acids is 1. The van der Waals surface area contributed by atoms with Crippen molar-refractivity contribution in [1.82, 2.24) is 15.2 Å². The molecule has 1 heterocycles. The molecule has 0 aliphatic heterocycles. The molecule has 0 saturated heterocycles. The predicted octanol–water partition coefficient (Wildman–Crippen LogP) is 4.89. The fraction of sp³-hybridized carbons (Fsp3) is 0.261. The lowest BCUT2D eigenvalue weighted by Gasteiger charge is -2.21. The summed E-state index contributed by atoms with van der Waals surface area (Å²) in [5, 5.41) is 7.36. The highest BCUT2D eigenvalue weighted by molar-refractivity contribution is 5.71. The summed E-state index contributed by atoms with van der Waals surface area (Å²) < 4.78 is 4.78. The van der Waals surface area contributed by atoms with Crippen molar-refractivity contribution >= 4 is 11.5 Å². The van der Waals surface area contributed by atoms with Gasteiger partial charge in [0.15, 0.2) is 11.6 Å². The van der Waals surface area contributed by atoms with Gasteiger partial charge in [0.25, 0.3) is 0 Å². The Labute approximate surface area is 164 Å². The average molecular weight is 373 g/mol. The number of hydrogen-bond donors (Lipinski definition) is 1. The number of allylic oxidation sites excluding steroid dienone is 2. The molecule has 1 N–H and O–H groups in total. The third-order valence-electron chi connectivity index (χ3n) is 5.25. The van der Waals surface area contributed by atoms with Crippen LogP contribution in [0.15, 0.2) is 60.7 Å². The van der Waals surface area contributed by atoms with Gasteiger partial charge < -0.3 is 4.74 Å².